The molecule has 2 aromatic carbocycles. The molecule has 0 unspecified atom stereocenters. The van der Waals surface area contributed by atoms with E-state index in [0.717, 1.165) is 27.9 Å². The van der Waals surface area contributed by atoms with E-state index >= 15 is 0 Å². The number of hydrogen-bond donors (Lipinski definition) is 1. The first kappa shape index (κ1) is 18.2. The van der Waals surface area contributed by atoms with Crippen molar-refractivity contribution in [3.05, 3.63) is 52.4 Å². The SMILES string of the molecule is CCN1/C(=C2/SC(=S)N(c3ccc(O)cc3)C2=O)Sc2ccc(OC)cc21. The molecule has 2 aromatic rings. The molecule has 1 N–H and O–H groups in total. The van der Waals surface area contributed by atoms with Gasteiger partial charge >= 0.3 is 0 Å². The molecule has 27 heavy (non-hydrogen) atoms. The number of amides is 1. The topological polar surface area (TPSA) is 53.0 Å². The fraction of sp³-hybridized carbons (Fsp3) is 0.158. The summed E-state index contributed by atoms with van der Waals surface area (Å²) >= 11 is 8.35. The number of ether oxygens (including phenoxy) is 1. The lowest BCUT2D eigenvalue weighted by molar-refractivity contribution is -0.113. The van der Waals surface area contributed by atoms with E-state index in [1.54, 1.807) is 43.1 Å². The van der Waals surface area contributed by atoms with Gasteiger partial charge in [-0.15, -0.1) is 0 Å². The molecule has 0 saturated carbocycles. The van der Waals surface area contributed by atoms with Crippen LogP contribution in [-0.4, -0.2) is 29.0 Å². The lowest BCUT2D eigenvalue weighted by Crippen LogP contribution is -2.28. The zero-order valence-corrected chi connectivity index (χ0v) is 17.1. The maximum absolute atomic E-state index is 13.2. The summed E-state index contributed by atoms with van der Waals surface area (Å²) < 4.78 is 5.83. The Morgan fingerprint density at radius 2 is 1.89 bits per heavy atom. The standard InChI is InChI=1S/C19H16N2O3S3/c1-3-20-14-10-13(24-2)8-9-15(14)26-18(20)16-17(23)21(19(25)27-16)11-4-6-12(22)7-5-11/h4-10,22H,3H2,1-2H3/b18-16-. The van der Waals surface area contributed by atoms with Crippen LogP contribution in [0.15, 0.2) is 57.3 Å². The Bertz CT molecular complexity index is 973. The van der Waals surface area contributed by atoms with Crippen LogP contribution in [-0.2, 0) is 4.79 Å². The van der Waals surface area contributed by atoms with E-state index in [-0.39, 0.29) is 11.7 Å². The molecule has 0 radical (unpaired) electrons. The number of phenols is 1. The number of rotatable bonds is 3. The van der Waals surface area contributed by atoms with Gasteiger partial charge in [-0.1, -0.05) is 35.7 Å². The van der Waals surface area contributed by atoms with Crippen LogP contribution in [0.2, 0.25) is 0 Å². The molecular weight excluding hydrogens is 400 g/mol. The van der Waals surface area contributed by atoms with Gasteiger partial charge < -0.3 is 14.7 Å². The number of hydrogen-bond acceptors (Lipinski definition) is 7. The van der Waals surface area contributed by atoms with Gasteiger partial charge in [0.05, 0.1) is 18.5 Å². The number of fused-ring (bicyclic) bond motifs is 1. The highest BCUT2D eigenvalue weighted by Gasteiger charge is 2.39. The fourth-order valence-corrected chi connectivity index (χ4v) is 5.65. The second-order valence-corrected chi connectivity index (χ2v) is 8.51. The highest BCUT2D eigenvalue weighted by molar-refractivity contribution is 8.27. The Labute approximate surface area is 171 Å². The number of carbonyl (C=O) groups is 1. The lowest BCUT2D eigenvalue weighted by Gasteiger charge is -2.19. The maximum atomic E-state index is 13.2. The molecular formula is C19H16N2O3S3. The molecule has 2 aliphatic rings. The van der Waals surface area contributed by atoms with Crippen LogP contribution in [0.3, 0.4) is 0 Å². The lowest BCUT2D eigenvalue weighted by atomic mass is 10.2. The van der Waals surface area contributed by atoms with Gasteiger partial charge in [0.1, 0.15) is 21.4 Å². The van der Waals surface area contributed by atoms with Gasteiger partial charge in [0, 0.05) is 17.5 Å². The van der Waals surface area contributed by atoms with Gasteiger partial charge in [-0.3, -0.25) is 9.69 Å². The largest absolute Gasteiger partial charge is 0.508 e. The highest BCUT2D eigenvalue weighted by Crippen LogP contribution is 2.51. The van der Waals surface area contributed by atoms with Crippen LogP contribution in [0.25, 0.3) is 0 Å². The Hall–Kier alpha value is -2.16. The highest BCUT2D eigenvalue weighted by atomic mass is 32.2. The number of benzene rings is 2. The minimum Gasteiger partial charge on any atom is -0.508 e. The second kappa shape index (κ2) is 7.10. The summed E-state index contributed by atoms with van der Waals surface area (Å²) in [6.45, 7) is 2.78. The van der Waals surface area contributed by atoms with Crippen molar-refractivity contribution < 1.29 is 14.6 Å². The molecule has 1 saturated heterocycles. The summed E-state index contributed by atoms with van der Waals surface area (Å²) in [5, 5.41) is 10.4. The summed E-state index contributed by atoms with van der Waals surface area (Å²) in [6.07, 6.45) is 0. The van der Waals surface area contributed by atoms with Gasteiger partial charge in [-0.05, 0) is 43.3 Å². The number of methoxy groups -OCH3 is 1. The first-order valence-corrected chi connectivity index (χ1v) is 10.3. The van der Waals surface area contributed by atoms with Gasteiger partial charge in [-0.25, -0.2) is 0 Å². The fourth-order valence-electron chi connectivity index (χ4n) is 2.99. The van der Waals surface area contributed by atoms with Crippen molar-refractivity contribution in [1.82, 2.24) is 0 Å². The predicted octanol–water partition coefficient (Wildman–Crippen LogP) is 4.57. The smallest absolute Gasteiger partial charge is 0.273 e. The van der Waals surface area contributed by atoms with E-state index in [4.69, 9.17) is 17.0 Å². The molecule has 0 bridgehead atoms. The second-order valence-electron chi connectivity index (χ2n) is 5.84. The number of phenolic OH excluding ortho intramolecular Hbond substituents is 1. The molecule has 0 spiro atoms. The van der Waals surface area contributed by atoms with Crippen LogP contribution in [0, 0.1) is 0 Å². The van der Waals surface area contributed by atoms with E-state index in [1.807, 2.05) is 18.2 Å². The average Bonchev–Trinajstić information content (AvgIpc) is 3.18. The summed E-state index contributed by atoms with van der Waals surface area (Å²) in [5.41, 5.74) is 1.68. The molecule has 0 aliphatic carbocycles. The van der Waals surface area contributed by atoms with Crippen LogP contribution >= 0.6 is 35.7 Å². The summed E-state index contributed by atoms with van der Waals surface area (Å²) in [6, 6.07) is 12.4. The van der Waals surface area contributed by atoms with Crippen molar-refractivity contribution in [3.63, 3.8) is 0 Å². The monoisotopic (exact) mass is 416 g/mol. The number of thioether (sulfide) groups is 2. The predicted molar refractivity (Wildman–Crippen MR) is 115 cm³/mol. The molecule has 138 valence electrons. The molecule has 2 heterocycles. The Morgan fingerprint density at radius 3 is 2.56 bits per heavy atom. The van der Waals surface area contributed by atoms with Crippen molar-refractivity contribution in [2.24, 2.45) is 0 Å². The van der Waals surface area contributed by atoms with Gasteiger partial charge in [0.2, 0.25) is 0 Å². The first-order valence-electron chi connectivity index (χ1n) is 8.26. The number of anilines is 2. The third kappa shape index (κ3) is 3.07. The average molecular weight is 417 g/mol. The van der Waals surface area contributed by atoms with E-state index in [9.17, 15) is 9.90 Å². The van der Waals surface area contributed by atoms with E-state index in [0.29, 0.717) is 14.9 Å². The number of thiocarbonyl (C=S) groups is 1. The molecule has 4 rings (SSSR count). The molecule has 1 fully saturated rings. The molecule has 0 aromatic heterocycles. The maximum Gasteiger partial charge on any atom is 0.273 e. The van der Waals surface area contributed by atoms with Crippen molar-refractivity contribution in [3.8, 4) is 11.5 Å². The Kier molecular flexibility index (Phi) is 4.79. The minimum absolute atomic E-state index is 0.142. The molecule has 0 atom stereocenters. The van der Waals surface area contributed by atoms with Crippen LogP contribution < -0.4 is 14.5 Å². The molecule has 2 aliphatic heterocycles. The van der Waals surface area contributed by atoms with E-state index in [2.05, 4.69) is 11.8 Å². The Balaban J connectivity index is 1.74. The zero-order chi connectivity index (χ0) is 19.1. The van der Waals surface area contributed by atoms with Crippen molar-refractivity contribution in [2.45, 2.75) is 11.8 Å². The summed E-state index contributed by atoms with van der Waals surface area (Å²) in [7, 11) is 1.64. The zero-order valence-electron chi connectivity index (χ0n) is 14.6. The number of aromatic hydroxyl groups is 1. The van der Waals surface area contributed by atoms with Crippen LogP contribution in [0.5, 0.6) is 11.5 Å². The Morgan fingerprint density at radius 1 is 1.15 bits per heavy atom. The van der Waals surface area contributed by atoms with Gasteiger partial charge in [0.25, 0.3) is 5.91 Å². The molecule has 8 heteroatoms. The summed E-state index contributed by atoms with van der Waals surface area (Å²) in [5.74, 6) is 0.789. The normalized spacial score (nSPS) is 19.0. The first-order chi connectivity index (χ1) is 13.0. The third-order valence-electron chi connectivity index (χ3n) is 4.30. The van der Waals surface area contributed by atoms with E-state index in [1.165, 1.54) is 16.7 Å². The molecule has 1 amide bonds. The van der Waals surface area contributed by atoms with Crippen molar-refractivity contribution >= 4 is 57.3 Å². The number of nitrogens with zero attached hydrogens (tertiary/aromatic N) is 2. The third-order valence-corrected chi connectivity index (χ3v) is 6.97. The van der Waals surface area contributed by atoms with E-state index < -0.39 is 0 Å². The van der Waals surface area contributed by atoms with Gasteiger partial charge in [0.15, 0.2) is 4.32 Å². The van der Waals surface area contributed by atoms with Crippen LogP contribution in [0.1, 0.15) is 6.92 Å². The van der Waals surface area contributed by atoms with Crippen molar-refractivity contribution in [2.75, 3.05) is 23.5 Å². The van der Waals surface area contributed by atoms with Gasteiger partial charge in [-0.2, -0.15) is 0 Å². The van der Waals surface area contributed by atoms with Crippen LogP contribution in [0.4, 0.5) is 11.4 Å². The minimum atomic E-state index is -0.142. The quantitative estimate of drug-likeness (QED) is 0.581. The van der Waals surface area contributed by atoms with Crippen molar-refractivity contribution in [1.29, 1.82) is 0 Å². The summed E-state index contributed by atoms with van der Waals surface area (Å²) in [4.78, 5) is 18.5. The number of carbonyl (C=O) groups excluding carboxylic acids is 1. The molecule has 5 nitrogen and oxygen atoms in total.